The van der Waals surface area contributed by atoms with E-state index in [0.717, 1.165) is 18.9 Å². The number of nitrogens with one attached hydrogen (secondary N) is 1. The molecule has 1 N–H and O–H groups in total. The van der Waals surface area contributed by atoms with Gasteiger partial charge in [-0.2, -0.15) is 0 Å². The summed E-state index contributed by atoms with van der Waals surface area (Å²) in [5.41, 5.74) is 3.17. The van der Waals surface area contributed by atoms with Crippen LogP contribution in [0.1, 0.15) is 93.6 Å². The van der Waals surface area contributed by atoms with Crippen LogP contribution in [0.15, 0.2) is 54.3 Å². The first-order valence-electron chi connectivity index (χ1n) is 15.6. The Balaban J connectivity index is 1.93. The number of Topliss-reactive ketones (excluding diaryl/α,β-unsaturated/α-hetero) is 1. The third kappa shape index (κ3) is 4.68. The van der Waals surface area contributed by atoms with Crippen molar-refractivity contribution in [2.75, 3.05) is 13.2 Å². The molecule has 0 unspecified atom stereocenters. The lowest BCUT2D eigenvalue weighted by Crippen LogP contribution is -2.53. The van der Waals surface area contributed by atoms with E-state index in [2.05, 4.69) is 111 Å². The molecule has 40 heavy (non-hydrogen) atoms. The quantitative estimate of drug-likeness (QED) is 0.215. The molecule has 0 amide bonds. The van der Waals surface area contributed by atoms with Gasteiger partial charge >= 0.3 is 0 Å². The molecule has 0 radical (unpaired) electrons. The van der Waals surface area contributed by atoms with Gasteiger partial charge in [-0.15, -0.1) is 6.58 Å². The summed E-state index contributed by atoms with van der Waals surface area (Å²) in [7, 11) is -1.94. The first-order valence-corrected chi connectivity index (χ1v) is 18.1. The number of carbonyl (C=O) groups is 1. The van der Waals surface area contributed by atoms with Crippen molar-refractivity contribution >= 4 is 13.9 Å². The summed E-state index contributed by atoms with van der Waals surface area (Å²) in [4.78, 5) is 14.7. The average molecular weight is 566 g/mol. The molecule has 1 aromatic rings. The summed E-state index contributed by atoms with van der Waals surface area (Å²) in [5, 5.41) is 3.62. The van der Waals surface area contributed by atoms with Gasteiger partial charge in [0.2, 0.25) is 12.1 Å². The Morgan fingerprint density at radius 1 is 1.05 bits per heavy atom. The maximum Gasteiger partial charge on any atom is 0.218 e. The van der Waals surface area contributed by atoms with Gasteiger partial charge in [-0.05, 0) is 48.3 Å². The molecule has 2 aliphatic carbocycles. The monoisotopic (exact) mass is 565 g/mol. The third-order valence-corrected chi connectivity index (χ3v) is 19.5. The topological polar surface area (TPSA) is 47.6 Å². The molecule has 2 fully saturated rings. The Morgan fingerprint density at radius 2 is 1.65 bits per heavy atom. The highest BCUT2D eigenvalue weighted by Gasteiger charge is 2.62. The molecule has 3 aliphatic rings. The van der Waals surface area contributed by atoms with Gasteiger partial charge in [0.1, 0.15) is 0 Å². The standard InChI is InChI=1S/C35H55NO3Si/c1-12-20-36-35(11)29(26-16-14-13-15-17-26)28(22-40(23(2)3,24(4)5)25(6)7)30(31(35)37)39-32-34(10)19-18-27(21-38-32)33(34,8)9/h12-17,23-25,27,29,32,36H,1,18-22H2,2-11H3/t27-,29-,32-,34+,35+/m1/s1. The number of carbonyl (C=O) groups excluding carboxylic acids is 1. The van der Waals surface area contributed by atoms with E-state index >= 15 is 0 Å². The van der Waals surface area contributed by atoms with Crippen LogP contribution in [-0.4, -0.2) is 38.8 Å². The summed E-state index contributed by atoms with van der Waals surface area (Å²) in [6.07, 6.45) is 3.63. The fourth-order valence-electron chi connectivity index (χ4n) is 8.89. The zero-order chi connectivity index (χ0) is 29.7. The summed E-state index contributed by atoms with van der Waals surface area (Å²) in [6.45, 7) is 28.8. The molecule has 4 rings (SSSR count). The lowest BCUT2D eigenvalue weighted by molar-refractivity contribution is -0.248. The summed E-state index contributed by atoms with van der Waals surface area (Å²) in [5.74, 6) is 1.05. The Kier molecular flexibility index (Phi) is 8.74. The van der Waals surface area contributed by atoms with E-state index in [1.54, 1.807) is 0 Å². The van der Waals surface area contributed by atoms with Crippen LogP contribution in [-0.2, 0) is 14.3 Å². The zero-order valence-corrected chi connectivity index (χ0v) is 27.9. The minimum absolute atomic E-state index is 0.0579. The summed E-state index contributed by atoms with van der Waals surface area (Å²) in [6, 6.07) is 11.5. The van der Waals surface area contributed by atoms with Crippen LogP contribution in [0, 0.1) is 16.7 Å². The molecule has 5 heteroatoms. The van der Waals surface area contributed by atoms with Crippen molar-refractivity contribution in [3.8, 4) is 0 Å². The van der Waals surface area contributed by atoms with Gasteiger partial charge in [-0.3, -0.25) is 4.79 Å². The number of ether oxygens (including phenoxy) is 2. The second kappa shape index (κ2) is 11.2. The molecule has 1 saturated heterocycles. The summed E-state index contributed by atoms with van der Waals surface area (Å²) >= 11 is 0. The molecular formula is C35H55NO3Si. The van der Waals surface area contributed by atoms with Crippen LogP contribution in [0.2, 0.25) is 22.7 Å². The largest absolute Gasteiger partial charge is 0.461 e. The van der Waals surface area contributed by atoms with Crippen molar-refractivity contribution in [3.63, 3.8) is 0 Å². The van der Waals surface area contributed by atoms with Gasteiger partial charge in [0.05, 0.1) is 20.2 Å². The Hall–Kier alpha value is -1.69. The molecular weight excluding hydrogens is 510 g/mol. The fourth-order valence-corrected chi connectivity index (χ4v) is 15.1. The third-order valence-electron chi connectivity index (χ3n) is 12.1. The van der Waals surface area contributed by atoms with Gasteiger partial charge in [0.25, 0.3) is 0 Å². The molecule has 0 aromatic heterocycles. The van der Waals surface area contributed by atoms with E-state index in [1.165, 1.54) is 11.1 Å². The highest BCUT2D eigenvalue weighted by Crippen LogP contribution is 2.62. The highest BCUT2D eigenvalue weighted by atomic mass is 28.3. The van der Waals surface area contributed by atoms with E-state index in [0.29, 0.717) is 41.5 Å². The van der Waals surface area contributed by atoms with Crippen molar-refractivity contribution in [3.05, 3.63) is 59.9 Å². The van der Waals surface area contributed by atoms with E-state index in [4.69, 9.17) is 9.47 Å². The second-order valence-corrected chi connectivity index (χ2v) is 20.9. The Labute approximate surface area is 245 Å². The van der Waals surface area contributed by atoms with Crippen LogP contribution in [0.5, 0.6) is 0 Å². The lowest BCUT2D eigenvalue weighted by atomic mass is 9.64. The van der Waals surface area contributed by atoms with E-state index < -0.39 is 19.9 Å². The van der Waals surface area contributed by atoms with Crippen LogP contribution in [0.25, 0.3) is 0 Å². The average Bonchev–Trinajstić information content (AvgIpc) is 3.13. The number of ketones is 1. The van der Waals surface area contributed by atoms with E-state index in [9.17, 15) is 4.79 Å². The number of fused-ring (bicyclic) bond motifs is 2. The van der Waals surface area contributed by atoms with Crippen LogP contribution in [0.4, 0.5) is 0 Å². The van der Waals surface area contributed by atoms with Crippen LogP contribution >= 0.6 is 0 Å². The van der Waals surface area contributed by atoms with Gasteiger partial charge in [-0.1, -0.05) is 115 Å². The zero-order valence-electron chi connectivity index (χ0n) is 26.9. The van der Waals surface area contributed by atoms with Crippen LogP contribution in [0.3, 0.4) is 0 Å². The lowest BCUT2D eigenvalue weighted by Gasteiger charge is -2.50. The minimum atomic E-state index is -1.94. The van der Waals surface area contributed by atoms with Gasteiger partial charge in [-0.25, -0.2) is 0 Å². The highest BCUT2D eigenvalue weighted by molar-refractivity contribution is 6.84. The SMILES string of the molecule is C=CCN[C@]1(C)C(=O)C(O[C@H]2OC[C@H]3CC[C@]2(C)C3(C)C)=C(C[Si](C(C)C)(C(C)C)C(C)C)[C@H]1c1ccccc1. The Bertz CT molecular complexity index is 1100. The minimum Gasteiger partial charge on any atom is -0.461 e. The second-order valence-electron chi connectivity index (χ2n) is 14.8. The molecule has 4 nitrogen and oxygen atoms in total. The van der Waals surface area contributed by atoms with E-state index in [-0.39, 0.29) is 22.5 Å². The number of hydrogen-bond acceptors (Lipinski definition) is 4. The molecule has 1 saturated carbocycles. The molecule has 1 aromatic carbocycles. The van der Waals surface area contributed by atoms with E-state index in [1.807, 2.05) is 6.08 Å². The normalized spacial score (nSPS) is 32.0. The first-order chi connectivity index (χ1) is 18.7. The Morgan fingerprint density at radius 3 is 2.20 bits per heavy atom. The fraction of sp³-hybridized carbons (Fsp3) is 0.686. The van der Waals surface area contributed by atoms with Crippen molar-refractivity contribution < 1.29 is 14.3 Å². The molecule has 1 aliphatic heterocycles. The molecule has 1 heterocycles. The maximum absolute atomic E-state index is 14.7. The van der Waals surface area contributed by atoms with Gasteiger partial charge in [0.15, 0.2) is 5.76 Å². The molecule has 222 valence electrons. The maximum atomic E-state index is 14.7. The van der Waals surface area contributed by atoms with Crippen molar-refractivity contribution in [1.82, 2.24) is 5.32 Å². The smallest absolute Gasteiger partial charge is 0.218 e. The van der Waals surface area contributed by atoms with Crippen molar-refractivity contribution in [2.45, 2.75) is 122 Å². The summed E-state index contributed by atoms with van der Waals surface area (Å²) < 4.78 is 13.5. The first kappa shape index (κ1) is 31.2. The predicted molar refractivity (Wildman–Crippen MR) is 169 cm³/mol. The molecule has 2 bridgehead atoms. The predicted octanol–water partition coefficient (Wildman–Crippen LogP) is 8.64. The molecule has 0 spiro atoms. The van der Waals surface area contributed by atoms with Crippen molar-refractivity contribution in [2.24, 2.45) is 16.7 Å². The van der Waals surface area contributed by atoms with Crippen LogP contribution < -0.4 is 5.32 Å². The number of rotatable bonds is 11. The van der Waals surface area contributed by atoms with Crippen molar-refractivity contribution in [1.29, 1.82) is 0 Å². The van der Waals surface area contributed by atoms with Gasteiger partial charge < -0.3 is 14.8 Å². The number of hydrogen-bond donors (Lipinski definition) is 1. The van der Waals surface area contributed by atoms with Gasteiger partial charge in [0, 0.05) is 17.9 Å². The molecule has 5 atom stereocenters. The number of benzene rings is 1.